The normalized spacial score (nSPS) is 10.1. The molecule has 27 heavy (non-hydrogen) atoms. The maximum Gasteiger partial charge on any atom is 0.337 e. The van der Waals surface area contributed by atoms with E-state index in [9.17, 15) is 9.59 Å². The molecule has 0 aliphatic carbocycles. The quantitative estimate of drug-likeness (QED) is 0.655. The Bertz CT molecular complexity index is 927. The third-order valence-corrected chi connectivity index (χ3v) is 3.79. The van der Waals surface area contributed by atoms with Crippen LogP contribution >= 0.6 is 0 Å². The minimum atomic E-state index is -0.461. The Labute approximate surface area is 156 Å². The summed E-state index contributed by atoms with van der Waals surface area (Å²) in [5.74, 6) is -0.112. The van der Waals surface area contributed by atoms with Crippen molar-refractivity contribution in [2.45, 2.75) is 6.54 Å². The molecule has 0 fully saturated rings. The molecule has 2 aromatic heterocycles. The molecule has 0 atom stereocenters. The molecule has 7 nitrogen and oxygen atoms in total. The van der Waals surface area contributed by atoms with Crippen LogP contribution in [0.2, 0.25) is 0 Å². The second-order valence-corrected chi connectivity index (χ2v) is 5.67. The highest BCUT2D eigenvalue weighted by molar-refractivity contribution is 6.04. The zero-order valence-corrected chi connectivity index (χ0v) is 14.7. The maximum absolute atomic E-state index is 12.4. The van der Waals surface area contributed by atoms with E-state index in [1.807, 2.05) is 12.1 Å². The van der Waals surface area contributed by atoms with Gasteiger partial charge in [0.25, 0.3) is 5.91 Å². The van der Waals surface area contributed by atoms with Gasteiger partial charge in [-0.15, -0.1) is 0 Å². The first-order valence-corrected chi connectivity index (χ1v) is 8.24. The van der Waals surface area contributed by atoms with Crippen molar-refractivity contribution in [1.29, 1.82) is 0 Å². The van der Waals surface area contributed by atoms with Crippen molar-refractivity contribution in [2.24, 2.45) is 0 Å². The lowest BCUT2D eigenvalue weighted by Gasteiger charge is -2.08. The average molecular weight is 362 g/mol. The Morgan fingerprint density at radius 2 is 1.85 bits per heavy atom. The third-order valence-electron chi connectivity index (χ3n) is 3.79. The van der Waals surface area contributed by atoms with Crippen molar-refractivity contribution < 1.29 is 14.3 Å². The topological polar surface area (TPSA) is 93.2 Å². The molecule has 2 N–H and O–H groups in total. The monoisotopic (exact) mass is 362 g/mol. The number of pyridine rings is 2. The van der Waals surface area contributed by atoms with Gasteiger partial charge in [0.1, 0.15) is 5.82 Å². The number of hydrogen-bond donors (Lipinski definition) is 2. The van der Waals surface area contributed by atoms with Crippen LogP contribution < -0.4 is 10.6 Å². The lowest BCUT2D eigenvalue weighted by atomic mass is 10.2. The van der Waals surface area contributed by atoms with Crippen LogP contribution in [0, 0.1) is 0 Å². The van der Waals surface area contributed by atoms with E-state index < -0.39 is 5.97 Å². The first-order valence-electron chi connectivity index (χ1n) is 8.24. The number of nitrogens with one attached hydrogen (secondary N) is 2. The van der Waals surface area contributed by atoms with E-state index in [1.165, 1.54) is 13.3 Å². The SMILES string of the molecule is COC(=O)c1cccc(NC(=O)c2ccc(NCc3ccncc3)nc2)c1. The number of ether oxygens (including phenoxy) is 1. The van der Waals surface area contributed by atoms with E-state index in [0.717, 1.165) is 5.56 Å². The van der Waals surface area contributed by atoms with Crippen molar-refractivity contribution in [3.63, 3.8) is 0 Å². The lowest BCUT2D eigenvalue weighted by Crippen LogP contribution is -2.13. The van der Waals surface area contributed by atoms with Crippen molar-refractivity contribution in [3.8, 4) is 0 Å². The number of esters is 1. The summed E-state index contributed by atoms with van der Waals surface area (Å²) in [5.41, 5.74) is 2.36. The molecule has 3 aromatic rings. The summed E-state index contributed by atoms with van der Waals surface area (Å²) >= 11 is 0. The minimum absolute atomic E-state index is 0.315. The largest absolute Gasteiger partial charge is 0.465 e. The highest BCUT2D eigenvalue weighted by Crippen LogP contribution is 2.14. The number of hydrogen-bond acceptors (Lipinski definition) is 6. The van der Waals surface area contributed by atoms with Crippen molar-refractivity contribution in [3.05, 3.63) is 83.8 Å². The Kier molecular flexibility index (Phi) is 5.73. The van der Waals surface area contributed by atoms with E-state index in [4.69, 9.17) is 0 Å². The van der Waals surface area contributed by atoms with Crippen molar-refractivity contribution in [1.82, 2.24) is 9.97 Å². The molecule has 0 radical (unpaired) electrons. The highest BCUT2D eigenvalue weighted by atomic mass is 16.5. The fourth-order valence-electron chi connectivity index (χ4n) is 2.37. The van der Waals surface area contributed by atoms with Gasteiger partial charge in [0, 0.05) is 30.8 Å². The minimum Gasteiger partial charge on any atom is -0.465 e. The summed E-state index contributed by atoms with van der Waals surface area (Å²) in [5, 5.41) is 5.92. The molecule has 3 rings (SSSR count). The molecule has 0 aliphatic rings. The van der Waals surface area contributed by atoms with Crippen LogP contribution in [-0.2, 0) is 11.3 Å². The zero-order valence-electron chi connectivity index (χ0n) is 14.7. The third kappa shape index (κ3) is 4.88. The van der Waals surface area contributed by atoms with Gasteiger partial charge in [-0.1, -0.05) is 6.07 Å². The van der Waals surface area contributed by atoms with Crippen LogP contribution in [0.25, 0.3) is 0 Å². The summed E-state index contributed by atoms with van der Waals surface area (Å²) < 4.78 is 4.68. The molecule has 2 heterocycles. The number of nitrogens with zero attached hydrogens (tertiary/aromatic N) is 2. The van der Waals surface area contributed by atoms with Gasteiger partial charge in [0.15, 0.2) is 0 Å². The van der Waals surface area contributed by atoms with Gasteiger partial charge in [-0.2, -0.15) is 0 Å². The van der Waals surface area contributed by atoms with Crippen LogP contribution in [0.3, 0.4) is 0 Å². The second kappa shape index (κ2) is 8.57. The Balaban J connectivity index is 1.61. The van der Waals surface area contributed by atoms with Gasteiger partial charge in [-0.25, -0.2) is 9.78 Å². The molecule has 0 spiro atoms. The average Bonchev–Trinajstić information content (AvgIpc) is 2.73. The van der Waals surface area contributed by atoms with Crippen LogP contribution in [0.5, 0.6) is 0 Å². The van der Waals surface area contributed by atoms with Crippen LogP contribution in [-0.4, -0.2) is 29.0 Å². The molecular formula is C20H18N4O3. The number of carbonyl (C=O) groups is 2. The number of anilines is 2. The molecule has 136 valence electrons. The highest BCUT2D eigenvalue weighted by Gasteiger charge is 2.10. The summed E-state index contributed by atoms with van der Waals surface area (Å²) in [4.78, 5) is 32.2. The number of benzene rings is 1. The molecule has 0 bridgehead atoms. The van der Waals surface area contributed by atoms with E-state index in [1.54, 1.807) is 48.8 Å². The molecule has 1 aromatic carbocycles. The van der Waals surface area contributed by atoms with E-state index in [-0.39, 0.29) is 5.91 Å². The molecule has 7 heteroatoms. The number of aromatic nitrogens is 2. The molecule has 0 unspecified atom stereocenters. The Hall–Kier alpha value is -3.74. The smallest absolute Gasteiger partial charge is 0.337 e. The maximum atomic E-state index is 12.4. The second-order valence-electron chi connectivity index (χ2n) is 5.67. The number of amides is 1. The van der Waals surface area contributed by atoms with Gasteiger partial charge in [-0.3, -0.25) is 9.78 Å². The number of carbonyl (C=O) groups excluding carboxylic acids is 2. The zero-order chi connectivity index (χ0) is 19.1. The molecule has 1 amide bonds. The fraction of sp³-hybridized carbons (Fsp3) is 0.100. The molecule has 0 saturated heterocycles. The first kappa shape index (κ1) is 18.1. The van der Waals surface area contributed by atoms with Crippen LogP contribution in [0.1, 0.15) is 26.3 Å². The van der Waals surface area contributed by atoms with Gasteiger partial charge in [0.05, 0.1) is 18.2 Å². The predicted octanol–water partition coefficient (Wildman–Crippen LogP) is 3.13. The van der Waals surface area contributed by atoms with E-state index in [0.29, 0.717) is 29.2 Å². The number of methoxy groups -OCH3 is 1. The molecule has 0 aliphatic heterocycles. The van der Waals surface area contributed by atoms with Crippen molar-refractivity contribution >= 4 is 23.4 Å². The van der Waals surface area contributed by atoms with E-state index >= 15 is 0 Å². The fourth-order valence-corrected chi connectivity index (χ4v) is 2.37. The lowest BCUT2D eigenvalue weighted by molar-refractivity contribution is 0.0600. The standard InChI is InChI=1S/C20H18N4O3/c1-27-20(26)15-3-2-4-17(11-15)24-19(25)16-5-6-18(23-13-16)22-12-14-7-9-21-10-8-14/h2-11,13H,12H2,1H3,(H,22,23)(H,24,25). The van der Waals surface area contributed by atoms with Gasteiger partial charge >= 0.3 is 5.97 Å². The first-order chi connectivity index (χ1) is 13.2. The predicted molar refractivity (Wildman–Crippen MR) is 102 cm³/mol. The van der Waals surface area contributed by atoms with Crippen LogP contribution in [0.15, 0.2) is 67.1 Å². The number of rotatable bonds is 6. The summed E-state index contributed by atoms with van der Waals surface area (Å²) in [7, 11) is 1.31. The van der Waals surface area contributed by atoms with Gasteiger partial charge < -0.3 is 15.4 Å². The van der Waals surface area contributed by atoms with Crippen molar-refractivity contribution in [2.75, 3.05) is 17.7 Å². The molecular weight excluding hydrogens is 344 g/mol. The van der Waals surface area contributed by atoms with E-state index in [2.05, 4.69) is 25.3 Å². The summed E-state index contributed by atoms with van der Waals surface area (Å²) in [6, 6.07) is 13.8. The van der Waals surface area contributed by atoms with Gasteiger partial charge in [0.2, 0.25) is 0 Å². The Morgan fingerprint density at radius 1 is 1.04 bits per heavy atom. The van der Waals surface area contributed by atoms with Gasteiger partial charge in [-0.05, 0) is 48.0 Å². The summed E-state index contributed by atoms with van der Waals surface area (Å²) in [6.45, 7) is 0.612. The van der Waals surface area contributed by atoms with Crippen LogP contribution in [0.4, 0.5) is 11.5 Å². The molecule has 0 saturated carbocycles. The summed E-state index contributed by atoms with van der Waals surface area (Å²) in [6.07, 6.45) is 4.95. The Morgan fingerprint density at radius 3 is 2.56 bits per heavy atom.